The third-order valence-corrected chi connectivity index (χ3v) is 4.58. The van der Waals surface area contributed by atoms with Crippen molar-refractivity contribution >= 4 is 5.91 Å². The first-order valence-corrected chi connectivity index (χ1v) is 8.35. The van der Waals surface area contributed by atoms with Crippen molar-refractivity contribution in [3.63, 3.8) is 0 Å². The van der Waals surface area contributed by atoms with Crippen LogP contribution in [-0.4, -0.2) is 34.6 Å². The van der Waals surface area contributed by atoms with E-state index in [1.54, 1.807) is 0 Å². The van der Waals surface area contributed by atoms with E-state index in [4.69, 9.17) is 4.52 Å². The summed E-state index contributed by atoms with van der Waals surface area (Å²) in [5, 5.41) is 7.27. The second-order valence-electron chi connectivity index (χ2n) is 6.46. The first kappa shape index (κ1) is 14.5. The van der Waals surface area contributed by atoms with Gasteiger partial charge >= 0.3 is 0 Å². The Hall–Kier alpha value is -2.14. The van der Waals surface area contributed by atoms with Gasteiger partial charge in [-0.25, -0.2) is 0 Å². The van der Waals surface area contributed by atoms with E-state index in [0.717, 1.165) is 49.2 Å². The van der Waals surface area contributed by atoms with Crippen LogP contribution in [0.5, 0.6) is 0 Å². The van der Waals surface area contributed by atoms with Gasteiger partial charge in [-0.1, -0.05) is 35.5 Å². The second kappa shape index (κ2) is 6.16. The van der Waals surface area contributed by atoms with Gasteiger partial charge in [-0.2, -0.15) is 0 Å². The Balaban J connectivity index is 1.43. The molecule has 2 aromatic rings. The summed E-state index contributed by atoms with van der Waals surface area (Å²) >= 11 is 0. The molecule has 0 bridgehead atoms. The number of hydrogen-bond acceptors (Lipinski definition) is 4. The van der Waals surface area contributed by atoms with Gasteiger partial charge in [0.1, 0.15) is 5.69 Å². The predicted molar refractivity (Wildman–Crippen MR) is 86.5 cm³/mol. The van der Waals surface area contributed by atoms with Crippen molar-refractivity contribution in [3.8, 4) is 11.3 Å². The molecule has 1 amide bonds. The summed E-state index contributed by atoms with van der Waals surface area (Å²) in [7, 11) is 0. The summed E-state index contributed by atoms with van der Waals surface area (Å²) in [6.45, 7) is 1.58. The molecule has 2 heterocycles. The second-order valence-corrected chi connectivity index (χ2v) is 6.46. The number of nitrogens with zero attached hydrogens (tertiary/aromatic N) is 2. The summed E-state index contributed by atoms with van der Waals surface area (Å²) in [6.07, 6.45) is 4.24. The lowest BCUT2D eigenvalue weighted by Crippen LogP contribution is -2.43. The van der Waals surface area contributed by atoms with Gasteiger partial charge in [0.05, 0.1) is 12.6 Å². The molecule has 23 heavy (non-hydrogen) atoms. The minimum atomic E-state index is -0.0270. The lowest BCUT2D eigenvalue weighted by Gasteiger charge is -2.22. The minimum Gasteiger partial charge on any atom is -0.359 e. The summed E-state index contributed by atoms with van der Waals surface area (Å²) in [5.41, 5.74) is 1.89. The maximum atomic E-state index is 12.3. The van der Waals surface area contributed by atoms with E-state index in [2.05, 4.69) is 15.4 Å². The number of benzene rings is 1. The Morgan fingerprint density at radius 3 is 2.87 bits per heavy atom. The summed E-state index contributed by atoms with van der Waals surface area (Å²) in [5.74, 6) is 0.989. The third-order valence-electron chi connectivity index (χ3n) is 4.58. The number of likely N-dealkylation sites (tertiary alicyclic amines) is 1. The number of rotatable bonds is 5. The molecule has 2 fully saturated rings. The number of hydrogen-bond donors (Lipinski definition) is 1. The zero-order valence-corrected chi connectivity index (χ0v) is 13.1. The predicted octanol–water partition coefficient (Wildman–Crippen LogP) is 2.58. The third kappa shape index (κ3) is 3.29. The van der Waals surface area contributed by atoms with Crippen LogP contribution in [-0.2, 0) is 11.3 Å². The smallest absolute Gasteiger partial charge is 0.237 e. The molecule has 4 rings (SSSR count). The minimum absolute atomic E-state index is 0.0270. The Morgan fingerprint density at radius 1 is 1.26 bits per heavy atom. The average Bonchev–Trinajstić information content (AvgIpc) is 3.09. The summed E-state index contributed by atoms with van der Waals surface area (Å²) in [4.78, 5) is 14.5. The molecule has 1 aliphatic carbocycles. The maximum absolute atomic E-state index is 12.3. The largest absolute Gasteiger partial charge is 0.359 e. The molecule has 120 valence electrons. The highest BCUT2D eigenvalue weighted by molar-refractivity contribution is 5.82. The fourth-order valence-corrected chi connectivity index (χ4v) is 3.17. The van der Waals surface area contributed by atoms with Crippen molar-refractivity contribution in [2.45, 2.75) is 44.3 Å². The Labute approximate surface area is 135 Å². The van der Waals surface area contributed by atoms with Crippen LogP contribution < -0.4 is 5.32 Å². The van der Waals surface area contributed by atoms with Gasteiger partial charge in [-0.15, -0.1) is 0 Å². The molecule has 1 aromatic heterocycles. The summed E-state index contributed by atoms with van der Waals surface area (Å²) < 4.78 is 5.48. The fourth-order valence-electron chi connectivity index (χ4n) is 3.17. The van der Waals surface area contributed by atoms with Crippen molar-refractivity contribution in [3.05, 3.63) is 42.2 Å². The van der Waals surface area contributed by atoms with Crippen LogP contribution in [0.25, 0.3) is 11.3 Å². The van der Waals surface area contributed by atoms with E-state index in [9.17, 15) is 4.79 Å². The van der Waals surface area contributed by atoms with Crippen molar-refractivity contribution in [1.82, 2.24) is 15.4 Å². The van der Waals surface area contributed by atoms with Crippen LogP contribution in [0.2, 0.25) is 0 Å². The van der Waals surface area contributed by atoms with E-state index in [-0.39, 0.29) is 11.9 Å². The topological polar surface area (TPSA) is 58.4 Å². The van der Waals surface area contributed by atoms with Crippen molar-refractivity contribution < 1.29 is 9.32 Å². The number of carbonyl (C=O) groups excluding carboxylic acids is 1. The lowest BCUT2D eigenvalue weighted by atomic mass is 10.1. The molecule has 5 heteroatoms. The van der Waals surface area contributed by atoms with Gasteiger partial charge in [0.25, 0.3) is 0 Å². The molecule has 2 aliphatic rings. The molecule has 1 aliphatic heterocycles. The SMILES string of the molecule is O=C(NC1CC1)C1CCCN1Cc1cc(-c2ccccc2)no1. The molecule has 1 saturated carbocycles. The standard InChI is InChI=1S/C18H21N3O2/c22-18(19-14-8-9-14)17-7-4-10-21(17)12-15-11-16(20-23-15)13-5-2-1-3-6-13/h1-3,5-6,11,14,17H,4,7-10,12H2,(H,19,22). The maximum Gasteiger partial charge on any atom is 0.237 e. The number of amides is 1. The summed E-state index contributed by atoms with van der Waals surface area (Å²) in [6, 6.07) is 12.4. The van der Waals surface area contributed by atoms with E-state index >= 15 is 0 Å². The Kier molecular flexibility index (Phi) is 3.87. The number of nitrogens with one attached hydrogen (secondary N) is 1. The lowest BCUT2D eigenvalue weighted by molar-refractivity contribution is -0.125. The van der Waals surface area contributed by atoms with Crippen molar-refractivity contribution in [2.75, 3.05) is 6.54 Å². The fraction of sp³-hybridized carbons (Fsp3) is 0.444. The normalized spacial score (nSPS) is 21.5. The zero-order chi connectivity index (χ0) is 15.6. The number of carbonyl (C=O) groups is 1. The van der Waals surface area contributed by atoms with E-state index < -0.39 is 0 Å². The number of aromatic nitrogens is 1. The Morgan fingerprint density at radius 2 is 2.09 bits per heavy atom. The molecule has 1 atom stereocenters. The van der Waals surface area contributed by atoms with Crippen LogP contribution in [0.4, 0.5) is 0 Å². The van der Waals surface area contributed by atoms with Gasteiger partial charge in [-0.05, 0) is 32.2 Å². The van der Waals surface area contributed by atoms with E-state index in [0.29, 0.717) is 12.6 Å². The first-order chi connectivity index (χ1) is 11.3. The van der Waals surface area contributed by atoms with Crippen LogP contribution in [0, 0.1) is 0 Å². The van der Waals surface area contributed by atoms with Gasteiger partial charge in [0, 0.05) is 17.7 Å². The molecule has 1 saturated heterocycles. The van der Waals surface area contributed by atoms with Gasteiger partial charge in [0.2, 0.25) is 5.91 Å². The zero-order valence-electron chi connectivity index (χ0n) is 13.1. The molecule has 5 nitrogen and oxygen atoms in total. The highest BCUT2D eigenvalue weighted by Gasteiger charge is 2.34. The van der Waals surface area contributed by atoms with Gasteiger partial charge in [0.15, 0.2) is 5.76 Å². The van der Waals surface area contributed by atoms with Crippen LogP contribution >= 0.6 is 0 Å². The molecule has 1 aromatic carbocycles. The molecular formula is C18H21N3O2. The molecule has 0 spiro atoms. The van der Waals surface area contributed by atoms with Gasteiger partial charge in [-0.3, -0.25) is 9.69 Å². The van der Waals surface area contributed by atoms with Crippen molar-refractivity contribution in [1.29, 1.82) is 0 Å². The van der Waals surface area contributed by atoms with Crippen molar-refractivity contribution in [2.24, 2.45) is 0 Å². The molecule has 1 unspecified atom stereocenters. The van der Waals surface area contributed by atoms with E-state index in [1.165, 1.54) is 0 Å². The quantitative estimate of drug-likeness (QED) is 0.922. The average molecular weight is 311 g/mol. The molecule has 0 radical (unpaired) electrons. The van der Waals surface area contributed by atoms with Crippen LogP contribution in [0.3, 0.4) is 0 Å². The Bertz CT molecular complexity index is 679. The highest BCUT2D eigenvalue weighted by atomic mass is 16.5. The highest BCUT2D eigenvalue weighted by Crippen LogP contribution is 2.25. The first-order valence-electron chi connectivity index (χ1n) is 8.35. The van der Waals surface area contributed by atoms with Crippen LogP contribution in [0.15, 0.2) is 40.9 Å². The van der Waals surface area contributed by atoms with Gasteiger partial charge < -0.3 is 9.84 Å². The van der Waals surface area contributed by atoms with Crippen LogP contribution in [0.1, 0.15) is 31.4 Å². The monoisotopic (exact) mass is 311 g/mol. The molecule has 1 N–H and O–H groups in total. The van der Waals surface area contributed by atoms with E-state index in [1.807, 2.05) is 36.4 Å². The molecular weight excluding hydrogens is 290 g/mol.